The fourth-order valence-corrected chi connectivity index (χ4v) is 4.50. The van der Waals surface area contributed by atoms with Gasteiger partial charge in [-0.2, -0.15) is 22.7 Å². The average Bonchev–Trinajstić information content (AvgIpc) is 3.11. The molecule has 158 valence electrons. The Labute approximate surface area is 172 Å². The fraction of sp³-hybridized carbons (Fsp3) is 0.476. The van der Waals surface area contributed by atoms with Crippen molar-refractivity contribution < 1.29 is 13.2 Å². The Bertz CT molecular complexity index is 1080. The van der Waals surface area contributed by atoms with Crippen LogP contribution in [0.4, 0.5) is 24.7 Å². The van der Waals surface area contributed by atoms with Gasteiger partial charge in [-0.15, -0.1) is 5.10 Å². The van der Waals surface area contributed by atoms with Crippen molar-refractivity contribution in [1.82, 2.24) is 19.6 Å². The third-order valence-electron chi connectivity index (χ3n) is 5.96. The molecule has 6 nitrogen and oxygen atoms in total. The second-order valence-corrected chi connectivity index (χ2v) is 7.96. The largest absolute Gasteiger partial charge is 0.416 e. The minimum absolute atomic E-state index is 0.606. The molecule has 0 radical (unpaired) electrons. The Morgan fingerprint density at radius 2 is 1.67 bits per heavy atom. The molecule has 5 rings (SSSR count). The molecule has 1 saturated heterocycles. The number of anilines is 2. The fourth-order valence-electron chi connectivity index (χ4n) is 4.50. The molecule has 3 aromatic rings. The number of alkyl halides is 3. The smallest absolute Gasteiger partial charge is 0.368 e. The van der Waals surface area contributed by atoms with Crippen LogP contribution in [0.1, 0.15) is 35.5 Å². The van der Waals surface area contributed by atoms with E-state index in [-0.39, 0.29) is 0 Å². The van der Waals surface area contributed by atoms with Gasteiger partial charge in [0.15, 0.2) is 0 Å². The van der Waals surface area contributed by atoms with Crippen LogP contribution >= 0.6 is 0 Å². The van der Waals surface area contributed by atoms with E-state index in [1.165, 1.54) is 17.7 Å². The zero-order chi connectivity index (χ0) is 20.9. The summed E-state index contributed by atoms with van der Waals surface area (Å²) >= 11 is 0. The first-order valence-corrected chi connectivity index (χ1v) is 10.3. The molecule has 0 amide bonds. The van der Waals surface area contributed by atoms with Crippen molar-refractivity contribution in [2.45, 2.75) is 38.8 Å². The second kappa shape index (κ2) is 7.14. The van der Waals surface area contributed by atoms with Crippen LogP contribution in [0, 0.1) is 6.92 Å². The highest BCUT2D eigenvalue weighted by Crippen LogP contribution is 2.33. The first-order chi connectivity index (χ1) is 14.4. The van der Waals surface area contributed by atoms with Gasteiger partial charge in [0.2, 0.25) is 0 Å². The Kier molecular flexibility index (Phi) is 4.56. The van der Waals surface area contributed by atoms with Crippen molar-refractivity contribution in [2.75, 3.05) is 36.0 Å². The standard InChI is InChI=1S/C21H23F3N6/c1-14-25-20-26-18-8-3-2-7-17(18)19(30(20)27-14)29-11-9-28(10-12-29)16-6-4-5-15(13-16)21(22,23)24/h4-6,13H,2-3,7-12H2,1H3. The maximum absolute atomic E-state index is 13.1. The van der Waals surface area contributed by atoms with Crippen LogP contribution in [0.15, 0.2) is 24.3 Å². The molecule has 3 heterocycles. The maximum Gasteiger partial charge on any atom is 0.416 e. The highest BCUT2D eigenvalue weighted by Gasteiger charge is 2.31. The summed E-state index contributed by atoms with van der Waals surface area (Å²) in [5, 5.41) is 4.58. The molecule has 0 saturated carbocycles. The quantitative estimate of drug-likeness (QED) is 0.638. The van der Waals surface area contributed by atoms with E-state index in [0.717, 1.165) is 43.3 Å². The van der Waals surface area contributed by atoms with E-state index in [9.17, 15) is 13.2 Å². The van der Waals surface area contributed by atoms with Crippen LogP contribution in [0.25, 0.3) is 5.78 Å². The highest BCUT2D eigenvalue weighted by molar-refractivity contribution is 5.58. The lowest BCUT2D eigenvalue weighted by Crippen LogP contribution is -2.47. The molecule has 0 unspecified atom stereocenters. The van der Waals surface area contributed by atoms with Crippen LogP contribution in [-0.2, 0) is 19.0 Å². The van der Waals surface area contributed by atoms with Crippen LogP contribution in [0.2, 0.25) is 0 Å². The Balaban J connectivity index is 1.43. The van der Waals surface area contributed by atoms with Gasteiger partial charge in [0, 0.05) is 37.4 Å². The lowest BCUT2D eigenvalue weighted by molar-refractivity contribution is -0.137. The molecule has 1 aliphatic heterocycles. The van der Waals surface area contributed by atoms with E-state index in [1.54, 1.807) is 6.07 Å². The van der Waals surface area contributed by atoms with Crippen molar-refractivity contribution in [3.8, 4) is 0 Å². The van der Waals surface area contributed by atoms with Crippen molar-refractivity contribution in [2.24, 2.45) is 0 Å². The number of hydrogen-bond donors (Lipinski definition) is 0. The van der Waals surface area contributed by atoms with Gasteiger partial charge in [-0.3, -0.25) is 0 Å². The first-order valence-electron chi connectivity index (χ1n) is 10.3. The number of aromatic nitrogens is 4. The molecule has 0 atom stereocenters. The number of aryl methyl sites for hydroxylation is 2. The summed E-state index contributed by atoms with van der Waals surface area (Å²) in [4.78, 5) is 13.5. The number of nitrogens with zero attached hydrogens (tertiary/aromatic N) is 6. The van der Waals surface area contributed by atoms with E-state index < -0.39 is 11.7 Å². The van der Waals surface area contributed by atoms with Crippen LogP contribution < -0.4 is 9.80 Å². The molecule has 1 aliphatic carbocycles. The van der Waals surface area contributed by atoms with E-state index >= 15 is 0 Å². The number of halogens is 3. The first kappa shape index (κ1) is 19.1. The number of piperazine rings is 1. The van der Waals surface area contributed by atoms with Crippen LogP contribution in [0.3, 0.4) is 0 Å². The SMILES string of the molecule is Cc1nc2nc3c(c(N4CCN(c5cccc(C(F)(F)F)c5)CC4)n2n1)CCCC3. The Hall–Kier alpha value is -2.84. The zero-order valence-corrected chi connectivity index (χ0v) is 16.8. The van der Waals surface area contributed by atoms with Gasteiger partial charge in [-0.1, -0.05) is 6.07 Å². The van der Waals surface area contributed by atoms with Crippen LogP contribution in [-0.4, -0.2) is 45.8 Å². The molecular weight excluding hydrogens is 393 g/mol. The summed E-state index contributed by atoms with van der Waals surface area (Å²) in [6, 6.07) is 5.58. The van der Waals surface area contributed by atoms with E-state index in [2.05, 4.69) is 15.0 Å². The van der Waals surface area contributed by atoms with Crippen molar-refractivity contribution in [3.05, 3.63) is 46.9 Å². The molecule has 1 fully saturated rings. The zero-order valence-electron chi connectivity index (χ0n) is 16.8. The van der Waals surface area contributed by atoms with Gasteiger partial charge in [0.1, 0.15) is 11.6 Å². The lowest BCUT2D eigenvalue weighted by atomic mass is 9.96. The Morgan fingerprint density at radius 3 is 2.43 bits per heavy atom. The minimum atomic E-state index is -4.33. The molecule has 2 aromatic heterocycles. The monoisotopic (exact) mass is 416 g/mol. The molecule has 0 spiro atoms. The van der Waals surface area contributed by atoms with Crippen LogP contribution in [0.5, 0.6) is 0 Å². The van der Waals surface area contributed by atoms with Gasteiger partial charge in [-0.25, -0.2) is 4.98 Å². The van der Waals surface area contributed by atoms with Gasteiger partial charge in [0.25, 0.3) is 5.78 Å². The average molecular weight is 416 g/mol. The van der Waals surface area contributed by atoms with E-state index in [1.807, 2.05) is 16.3 Å². The highest BCUT2D eigenvalue weighted by atomic mass is 19.4. The predicted octanol–water partition coefficient (Wildman–Crippen LogP) is 3.66. The number of benzene rings is 1. The lowest BCUT2D eigenvalue weighted by Gasteiger charge is -2.38. The summed E-state index contributed by atoms with van der Waals surface area (Å²) in [6.07, 6.45) is -0.142. The summed E-state index contributed by atoms with van der Waals surface area (Å²) in [5.74, 6) is 2.37. The van der Waals surface area contributed by atoms with Gasteiger partial charge in [0.05, 0.1) is 11.3 Å². The van der Waals surface area contributed by atoms with Gasteiger partial charge < -0.3 is 9.80 Å². The molecule has 9 heteroatoms. The normalized spacial score (nSPS) is 17.5. The number of fused-ring (bicyclic) bond motifs is 2. The summed E-state index contributed by atoms with van der Waals surface area (Å²) in [6.45, 7) is 4.57. The molecule has 1 aromatic carbocycles. The van der Waals surface area contributed by atoms with Crippen molar-refractivity contribution in [1.29, 1.82) is 0 Å². The third-order valence-corrected chi connectivity index (χ3v) is 5.96. The summed E-state index contributed by atoms with van der Waals surface area (Å²) < 4.78 is 41.1. The van der Waals surface area contributed by atoms with Crippen molar-refractivity contribution >= 4 is 17.3 Å². The van der Waals surface area contributed by atoms with E-state index in [0.29, 0.717) is 43.5 Å². The van der Waals surface area contributed by atoms with Gasteiger partial charge >= 0.3 is 6.18 Å². The van der Waals surface area contributed by atoms with Gasteiger partial charge in [-0.05, 0) is 50.8 Å². The predicted molar refractivity (Wildman–Crippen MR) is 108 cm³/mol. The number of rotatable bonds is 2. The summed E-state index contributed by atoms with van der Waals surface area (Å²) in [5.41, 5.74) is 2.36. The third kappa shape index (κ3) is 3.36. The minimum Gasteiger partial charge on any atom is -0.368 e. The topological polar surface area (TPSA) is 49.6 Å². The summed E-state index contributed by atoms with van der Waals surface area (Å²) in [7, 11) is 0. The molecule has 2 aliphatic rings. The molecule has 0 bridgehead atoms. The Morgan fingerprint density at radius 1 is 0.933 bits per heavy atom. The number of hydrogen-bond acceptors (Lipinski definition) is 5. The van der Waals surface area contributed by atoms with E-state index in [4.69, 9.17) is 4.98 Å². The second-order valence-electron chi connectivity index (χ2n) is 7.96. The molecule has 0 N–H and O–H groups in total. The maximum atomic E-state index is 13.1. The molecular formula is C21H23F3N6. The molecule has 30 heavy (non-hydrogen) atoms. The van der Waals surface area contributed by atoms with Crippen molar-refractivity contribution in [3.63, 3.8) is 0 Å².